The molecule has 0 aliphatic rings. The molecule has 1 aromatic carbocycles. The molecule has 0 saturated heterocycles. The molecular formula is C9H9ClO4S. The van der Waals surface area contributed by atoms with Crippen LogP contribution in [0.5, 0.6) is 0 Å². The minimum atomic E-state index is -3.84. The highest BCUT2D eigenvalue weighted by Crippen LogP contribution is 2.12. The first kappa shape index (κ1) is 12.0. The summed E-state index contributed by atoms with van der Waals surface area (Å²) < 4.78 is 26.6. The summed E-state index contributed by atoms with van der Waals surface area (Å²) in [5.41, 5.74) is 0.514. The SMILES string of the molecule is CC(=O)OS(=O)(=O)Cc1ccc(Cl)cc1. The van der Waals surface area contributed by atoms with E-state index in [1.165, 1.54) is 0 Å². The first-order chi connectivity index (χ1) is 6.89. The lowest BCUT2D eigenvalue weighted by Gasteiger charge is -2.03. The first-order valence-corrected chi connectivity index (χ1v) is 6.02. The van der Waals surface area contributed by atoms with Crippen molar-refractivity contribution in [2.45, 2.75) is 12.7 Å². The molecule has 0 radical (unpaired) electrons. The molecule has 0 amide bonds. The lowest BCUT2D eigenvalue weighted by atomic mass is 10.2. The van der Waals surface area contributed by atoms with Gasteiger partial charge in [0.05, 0.1) is 0 Å². The molecular weight excluding hydrogens is 240 g/mol. The van der Waals surface area contributed by atoms with Crippen LogP contribution in [0.1, 0.15) is 12.5 Å². The van der Waals surface area contributed by atoms with Crippen molar-refractivity contribution in [3.63, 3.8) is 0 Å². The van der Waals surface area contributed by atoms with Gasteiger partial charge in [-0.3, -0.25) is 4.79 Å². The summed E-state index contributed by atoms with van der Waals surface area (Å²) in [7, 11) is -3.84. The fourth-order valence-corrected chi connectivity index (χ4v) is 2.14. The van der Waals surface area contributed by atoms with Crippen molar-refractivity contribution in [3.8, 4) is 0 Å². The molecule has 1 rings (SSSR count). The quantitative estimate of drug-likeness (QED) is 0.765. The minimum Gasteiger partial charge on any atom is -0.346 e. The molecule has 0 spiro atoms. The van der Waals surface area contributed by atoms with Crippen molar-refractivity contribution in [3.05, 3.63) is 34.9 Å². The number of carbonyl (C=O) groups excluding carboxylic acids is 1. The second kappa shape index (κ2) is 4.63. The van der Waals surface area contributed by atoms with Gasteiger partial charge in [-0.15, -0.1) is 0 Å². The van der Waals surface area contributed by atoms with E-state index in [1.54, 1.807) is 24.3 Å². The Hall–Kier alpha value is -1.07. The summed E-state index contributed by atoms with van der Waals surface area (Å²) in [4.78, 5) is 10.5. The van der Waals surface area contributed by atoms with Crippen LogP contribution < -0.4 is 0 Å². The molecule has 0 unspecified atom stereocenters. The first-order valence-electron chi connectivity index (χ1n) is 4.06. The van der Waals surface area contributed by atoms with E-state index in [0.717, 1.165) is 6.92 Å². The van der Waals surface area contributed by atoms with E-state index in [4.69, 9.17) is 11.6 Å². The van der Waals surface area contributed by atoms with Crippen LogP contribution in [0.2, 0.25) is 5.02 Å². The van der Waals surface area contributed by atoms with Crippen molar-refractivity contribution < 1.29 is 17.4 Å². The van der Waals surface area contributed by atoms with Crippen LogP contribution in [-0.2, 0) is 24.8 Å². The van der Waals surface area contributed by atoms with Gasteiger partial charge in [-0.1, -0.05) is 23.7 Å². The van der Waals surface area contributed by atoms with Crippen molar-refractivity contribution >= 4 is 27.7 Å². The number of halogens is 1. The second-order valence-corrected chi connectivity index (χ2v) is 4.91. The van der Waals surface area contributed by atoms with Crippen LogP contribution >= 0.6 is 11.6 Å². The Kier molecular flexibility index (Phi) is 3.71. The van der Waals surface area contributed by atoms with Crippen LogP contribution in [0.25, 0.3) is 0 Å². The second-order valence-electron chi connectivity index (χ2n) is 2.90. The molecule has 0 fully saturated rings. The van der Waals surface area contributed by atoms with Gasteiger partial charge in [-0.25, -0.2) is 0 Å². The van der Waals surface area contributed by atoms with Crippen molar-refractivity contribution in [1.82, 2.24) is 0 Å². The maximum Gasteiger partial charge on any atom is 0.319 e. The van der Waals surface area contributed by atoms with Crippen molar-refractivity contribution in [1.29, 1.82) is 0 Å². The van der Waals surface area contributed by atoms with E-state index in [1.807, 2.05) is 0 Å². The molecule has 82 valence electrons. The number of hydrogen-bond acceptors (Lipinski definition) is 4. The van der Waals surface area contributed by atoms with Gasteiger partial charge >= 0.3 is 16.1 Å². The van der Waals surface area contributed by atoms with Gasteiger partial charge in [-0.2, -0.15) is 8.42 Å². The van der Waals surface area contributed by atoms with Gasteiger partial charge in [0.25, 0.3) is 0 Å². The highest BCUT2D eigenvalue weighted by Gasteiger charge is 2.14. The zero-order valence-corrected chi connectivity index (χ0v) is 9.51. The summed E-state index contributed by atoms with van der Waals surface area (Å²) >= 11 is 5.63. The van der Waals surface area contributed by atoms with Crippen LogP contribution in [0.4, 0.5) is 0 Å². The van der Waals surface area contributed by atoms with E-state index in [2.05, 4.69) is 4.18 Å². The molecule has 0 saturated carbocycles. The topological polar surface area (TPSA) is 60.4 Å². The molecule has 0 heterocycles. The average Bonchev–Trinajstić information content (AvgIpc) is 2.06. The summed E-state index contributed by atoms with van der Waals surface area (Å²) in [6.45, 7) is 1.04. The van der Waals surface area contributed by atoms with Gasteiger partial charge in [0.2, 0.25) is 0 Å². The van der Waals surface area contributed by atoms with Crippen molar-refractivity contribution in [2.24, 2.45) is 0 Å². The third-order valence-electron chi connectivity index (χ3n) is 1.50. The summed E-state index contributed by atoms with van der Waals surface area (Å²) in [5.74, 6) is -1.19. The normalized spacial score (nSPS) is 11.1. The molecule has 0 atom stereocenters. The largest absolute Gasteiger partial charge is 0.346 e. The van der Waals surface area contributed by atoms with Crippen LogP contribution in [0.15, 0.2) is 24.3 Å². The zero-order valence-electron chi connectivity index (χ0n) is 7.94. The predicted octanol–water partition coefficient (Wildman–Crippen LogP) is 1.73. The van der Waals surface area contributed by atoms with Crippen LogP contribution in [0.3, 0.4) is 0 Å². The third kappa shape index (κ3) is 4.31. The van der Waals surface area contributed by atoms with Crippen molar-refractivity contribution in [2.75, 3.05) is 0 Å². The zero-order chi connectivity index (χ0) is 11.5. The lowest BCUT2D eigenvalue weighted by molar-refractivity contribution is -0.131. The number of benzene rings is 1. The average molecular weight is 249 g/mol. The summed E-state index contributed by atoms with van der Waals surface area (Å²) in [5, 5.41) is 0.517. The summed E-state index contributed by atoms with van der Waals surface area (Å²) in [6.07, 6.45) is 0. The maximum absolute atomic E-state index is 11.2. The number of rotatable bonds is 3. The Balaban J connectivity index is 2.78. The Bertz CT molecular complexity index is 450. The number of carbonyl (C=O) groups is 1. The standard InChI is InChI=1S/C9H9ClO4S/c1-7(11)14-15(12,13)6-8-2-4-9(10)5-3-8/h2-5H,6H2,1H3. The van der Waals surface area contributed by atoms with E-state index < -0.39 is 16.1 Å². The Morgan fingerprint density at radius 2 is 1.87 bits per heavy atom. The molecule has 0 bridgehead atoms. The Morgan fingerprint density at radius 1 is 1.33 bits per heavy atom. The van der Waals surface area contributed by atoms with Gasteiger partial charge < -0.3 is 4.18 Å². The van der Waals surface area contributed by atoms with E-state index in [9.17, 15) is 13.2 Å². The third-order valence-corrected chi connectivity index (χ3v) is 2.93. The fraction of sp³-hybridized carbons (Fsp3) is 0.222. The molecule has 0 N–H and O–H groups in total. The Morgan fingerprint density at radius 3 is 2.33 bits per heavy atom. The molecule has 4 nitrogen and oxygen atoms in total. The van der Waals surface area contributed by atoms with Crippen LogP contribution in [-0.4, -0.2) is 14.4 Å². The van der Waals surface area contributed by atoms with Gasteiger partial charge in [-0.05, 0) is 17.7 Å². The van der Waals surface area contributed by atoms with E-state index >= 15 is 0 Å². The number of hydrogen-bond donors (Lipinski definition) is 0. The predicted molar refractivity (Wildman–Crippen MR) is 55.8 cm³/mol. The molecule has 0 aliphatic carbocycles. The monoisotopic (exact) mass is 248 g/mol. The minimum absolute atomic E-state index is 0.344. The van der Waals surface area contributed by atoms with Crippen LogP contribution in [0, 0.1) is 0 Å². The van der Waals surface area contributed by atoms with Gasteiger partial charge in [0.1, 0.15) is 5.75 Å². The smallest absolute Gasteiger partial charge is 0.319 e. The molecule has 1 aromatic rings. The highest BCUT2D eigenvalue weighted by molar-refractivity contribution is 7.86. The molecule has 0 aliphatic heterocycles. The van der Waals surface area contributed by atoms with E-state index in [0.29, 0.717) is 10.6 Å². The molecule has 15 heavy (non-hydrogen) atoms. The lowest BCUT2D eigenvalue weighted by Crippen LogP contribution is -2.12. The Labute approximate surface area is 92.9 Å². The maximum atomic E-state index is 11.2. The van der Waals surface area contributed by atoms with Gasteiger partial charge in [0, 0.05) is 11.9 Å². The molecule has 0 aromatic heterocycles. The molecule has 6 heteroatoms. The van der Waals surface area contributed by atoms with E-state index in [-0.39, 0.29) is 5.75 Å². The fourth-order valence-electron chi connectivity index (χ4n) is 0.993. The highest BCUT2D eigenvalue weighted by atomic mass is 35.5. The van der Waals surface area contributed by atoms with Gasteiger partial charge in [0.15, 0.2) is 0 Å². The summed E-state index contributed by atoms with van der Waals surface area (Å²) in [6, 6.07) is 6.26.